The Morgan fingerprint density at radius 3 is 2.26 bits per heavy atom. The summed E-state index contributed by atoms with van der Waals surface area (Å²) in [5.41, 5.74) is 5.18. The van der Waals surface area contributed by atoms with E-state index in [1.807, 2.05) is 18.2 Å². The molecule has 0 saturated carbocycles. The van der Waals surface area contributed by atoms with Gasteiger partial charge in [-0.2, -0.15) is 5.10 Å². The number of benzene rings is 2. The number of anilines is 1. The number of rotatable bonds is 8. The molecule has 1 saturated heterocycles. The molecular weight excluding hydrogens is 414 g/mol. The van der Waals surface area contributed by atoms with Gasteiger partial charge in [0.25, 0.3) is 0 Å². The second-order valence-electron chi connectivity index (χ2n) is 7.38. The van der Waals surface area contributed by atoms with Crippen LogP contribution in [0.1, 0.15) is 18.9 Å². The van der Waals surface area contributed by atoms with E-state index in [-0.39, 0.29) is 10.8 Å². The van der Waals surface area contributed by atoms with Gasteiger partial charge >= 0.3 is 0 Å². The van der Waals surface area contributed by atoms with Crippen molar-refractivity contribution in [3.05, 3.63) is 60.2 Å². The van der Waals surface area contributed by atoms with Crippen molar-refractivity contribution < 1.29 is 13.2 Å². The van der Waals surface area contributed by atoms with E-state index in [2.05, 4.69) is 37.2 Å². The molecule has 0 bridgehead atoms. The first-order chi connectivity index (χ1) is 14.9. The fourth-order valence-corrected chi connectivity index (χ4v) is 4.12. The van der Waals surface area contributed by atoms with Crippen LogP contribution in [0.15, 0.2) is 64.6 Å². The Hall–Kier alpha value is -2.75. The quantitative estimate of drug-likeness (QED) is 0.478. The van der Waals surface area contributed by atoms with Crippen LogP contribution < -0.4 is 15.0 Å². The first-order valence-electron chi connectivity index (χ1n) is 10.3. The van der Waals surface area contributed by atoms with E-state index in [9.17, 15) is 13.2 Å². The smallest absolute Gasteiger partial charge is 0.241 e. The largest absolute Gasteiger partial charge is 0.369 e. The molecule has 1 amide bonds. The van der Waals surface area contributed by atoms with E-state index in [0.29, 0.717) is 18.7 Å². The van der Waals surface area contributed by atoms with Gasteiger partial charge in [0, 0.05) is 44.8 Å². The standard InChI is InChI=1S/C22H29N5O3S/c1-18(19-8-10-21(11-9-19)31(29,30)23-2)24-25-22(28)12-13-26-14-16-27(17-15-26)20-6-4-3-5-7-20/h3-11,23H,12-17H2,1-2H3,(H,25,28)/b24-18+. The van der Waals surface area contributed by atoms with E-state index in [1.54, 1.807) is 19.1 Å². The van der Waals surface area contributed by atoms with Crippen LogP contribution in [-0.2, 0) is 14.8 Å². The number of sulfonamides is 1. The fourth-order valence-electron chi connectivity index (χ4n) is 3.39. The lowest BCUT2D eigenvalue weighted by atomic mass is 10.1. The van der Waals surface area contributed by atoms with Gasteiger partial charge in [-0.05, 0) is 43.8 Å². The van der Waals surface area contributed by atoms with Gasteiger partial charge in [0.1, 0.15) is 0 Å². The third-order valence-corrected chi connectivity index (χ3v) is 6.78. The average Bonchev–Trinajstić information content (AvgIpc) is 2.82. The normalized spacial score (nSPS) is 15.7. The molecule has 1 fully saturated rings. The number of nitrogens with one attached hydrogen (secondary N) is 2. The molecule has 8 nitrogen and oxygen atoms in total. The monoisotopic (exact) mass is 443 g/mol. The molecular formula is C22H29N5O3S. The number of para-hydroxylation sites is 1. The summed E-state index contributed by atoms with van der Waals surface area (Å²) in [4.78, 5) is 17.0. The summed E-state index contributed by atoms with van der Waals surface area (Å²) in [6.07, 6.45) is 0.376. The lowest BCUT2D eigenvalue weighted by Crippen LogP contribution is -2.47. The Morgan fingerprint density at radius 1 is 1.00 bits per heavy atom. The average molecular weight is 444 g/mol. The molecule has 9 heteroatoms. The molecule has 166 valence electrons. The molecule has 0 unspecified atom stereocenters. The molecule has 0 atom stereocenters. The van der Waals surface area contributed by atoms with Crippen molar-refractivity contribution in [1.82, 2.24) is 15.0 Å². The number of hydrazone groups is 1. The number of carbonyl (C=O) groups excluding carboxylic acids is 1. The number of hydrogen-bond acceptors (Lipinski definition) is 6. The van der Waals surface area contributed by atoms with Gasteiger partial charge < -0.3 is 4.90 Å². The molecule has 0 spiro atoms. The lowest BCUT2D eigenvalue weighted by Gasteiger charge is -2.36. The molecule has 2 N–H and O–H groups in total. The molecule has 2 aromatic carbocycles. The summed E-state index contributed by atoms with van der Waals surface area (Å²) < 4.78 is 25.8. The minimum Gasteiger partial charge on any atom is -0.369 e. The molecule has 0 aromatic heterocycles. The second kappa shape index (κ2) is 10.5. The third-order valence-electron chi connectivity index (χ3n) is 5.35. The number of nitrogens with zero attached hydrogens (tertiary/aromatic N) is 3. The van der Waals surface area contributed by atoms with Crippen molar-refractivity contribution in [1.29, 1.82) is 0 Å². The number of hydrogen-bond donors (Lipinski definition) is 2. The van der Waals surface area contributed by atoms with Gasteiger partial charge in [-0.1, -0.05) is 30.3 Å². The van der Waals surface area contributed by atoms with Crippen molar-refractivity contribution in [3.63, 3.8) is 0 Å². The highest BCUT2D eigenvalue weighted by molar-refractivity contribution is 7.89. The molecule has 0 radical (unpaired) electrons. The van der Waals surface area contributed by atoms with Crippen LogP contribution in [0.2, 0.25) is 0 Å². The van der Waals surface area contributed by atoms with Crippen LogP contribution in [0.5, 0.6) is 0 Å². The van der Waals surface area contributed by atoms with Crippen LogP contribution in [-0.4, -0.2) is 64.7 Å². The topological polar surface area (TPSA) is 94.1 Å². The van der Waals surface area contributed by atoms with Gasteiger partial charge in [-0.15, -0.1) is 0 Å². The summed E-state index contributed by atoms with van der Waals surface area (Å²) in [6, 6.07) is 16.7. The predicted molar refractivity (Wildman–Crippen MR) is 123 cm³/mol. The Kier molecular flexibility index (Phi) is 7.78. The maximum atomic E-state index is 12.2. The zero-order chi connectivity index (χ0) is 22.3. The molecule has 1 heterocycles. The molecule has 3 rings (SSSR count). The maximum Gasteiger partial charge on any atom is 0.241 e. The molecule has 0 aliphatic carbocycles. The fraction of sp³-hybridized carbons (Fsp3) is 0.364. The first kappa shape index (κ1) is 22.9. The Bertz CT molecular complexity index is 999. The van der Waals surface area contributed by atoms with Crippen molar-refractivity contribution >= 4 is 27.3 Å². The van der Waals surface area contributed by atoms with Gasteiger partial charge in [0.15, 0.2) is 0 Å². The minimum absolute atomic E-state index is 0.140. The maximum absolute atomic E-state index is 12.2. The van der Waals surface area contributed by atoms with Crippen molar-refractivity contribution in [2.45, 2.75) is 18.2 Å². The zero-order valence-corrected chi connectivity index (χ0v) is 18.7. The predicted octanol–water partition coefficient (Wildman–Crippen LogP) is 1.65. The zero-order valence-electron chi connectivity index (χ0n) is 17.9. The van der Waals surface area contributed by atoms with E-state index in [0.717, 1.165) is 31.7 Å². The lowest BCUT2D eigenvalue weighted by molar-refractivity contribution is -0.121. The van der Waals surface area contributed by atoms with Gasteiger partial charge in [0.05, 0.1) is 10.6 Å². The van der Waals surface area contributed by atoms with Gasteiger partial charge in [-0.3, -0.25) is 9.69 Å². The Labute approximate surface area is 184 Å². The van der Waals surface area contributed by atoms with E-state index < -0.39 is 10.0 Å². The highest BCUT2D eigenvalue weighted by Crippen LogP contribution is 2.15. The van der Waals surface area contributed by atoms with Gasteiger partial charge in [0.2, 0.25) is 15.9 Å². The summed E-state index contributed by atoms with van der Waals surface area (Å²) in [7, 11) is -2.10. The van der Waals surface area contributed by atoms with Crippen molar-refractivity contribution in [3.8, 4) is 0 Å². The highest BCUT2D eigenvalue weighted by atomic mass is 32.2. The highest BCUT2D eigenvalue weighted by Gasteiger charge is 2.17. The SMILES string of the molecule is CNS(=O)(=O)c1ccc(/C(C)=N/NC(=O)CCN2CCN(c3ccccc3)CC2)cc1. The number of amides is 1. The Morgan fingerprint density at radius 2 is 1.65 bits per heavy atom. The van der Waals surface area contributed by atoms with Crippen LogP contribution in [0.4, 0.5) is 5.69 Å². The molecule has 1 aliphatic rings. The summed E-state index contributed by atoms with van der Waals surface area (Å²) in [5, 5.41) is 4.15. The Balaban J connectivity index is 1.43. The minimum atomic E-state index is -3.47. The summed E-state index contributed by atoms with van der Waals surface area (Å²) >= 11 is 0. The van der Waals surface area contributed by atoms with Crippen LogP contribution in [0, 0.1) is 0 Å². The van der Waals surface area contributed by atoms with Crippen LogP contribution in [0.3, 0.4) is 0 Å². The van der Waals surface area contributed by atoms with E-state index in [4.69, 9.17) is 0 Å². The molecule has 1 aliphatic heterocycles. The molecule has 31 heavy (non-hydrogen) atoms. The second-order valence-corrected chi connectivity index (χ2v) is 9.26. The summed E-state index contributed by atoms with van der Waals surface area (Å²) in [5.74, 6) is -0.140. The van der Waals surface area contributed by atoms with Gasteiger partial charge in [-0.25, -0.2) is 18.6 Å². The summed E-state index contributed by atoms with van der Waals surface area (Å²) in [6.45, 7) is 6.20. The number of carbonyl (C=O) groups is 1. The van der Waals surface area contributed by atoms with Crippen molar-refractivity contribution in [2.24, 2.45) is 5.10 Å². The molecule has 2 aromatic rings. The van der Waals surface area contributed by atoms with E-state index in [1.165, 1.54) is 24.9 Å². The number of piperazine rings is 1. The third kappa shape index (κ3) is 6.36. The first-order valence-corrected chi connectivity index (χ1v) is 11.8. The van der Waals surface area contributed by atoms with Crippen molar-refractivity contribution in [2.75, 3.05) is 44.7 Å². The van der Waals surface area contributed by atoms with E-state index >= 15 is 0 Å². The van der Waals surface area contributed by atoms with Crippen LogP contribution >= 0.6 is 0 Å². The van der Waals surface area contributed by atoms with Crippen LogP contribution in [0.25, 0.3) is 0 Å².